The highest BCUT2D eigenvalue weighted by Gasteiger charge is 2.45. The number of nitrogens with zero attached hydrogens (tertiary/aromatic N) is 5. The molecule has 4 heterocycles. The zero-order valence-corrected chi connectivity index (χ0v) is 14.8. The Balaban J connectivity index is 1.63. The number of rotatable bonds is 3. The van der Waals surface area contributed by atoms with Gasteiger partial charge in [-0.1, -0.05) is 0 Å². The van der Waals surface area contributed by atoms with Crippen molar-refractivity contribution in [3.05, 3.63) is 30.7 Å². The number of amides is 1. The number of carbonyl (C=O) groups is 1. The average Bonchev–Trinajstić information content (AvgIpc) is 3.01. The molecule has 2 unspecified atom stereocenters. The molecule has 0 spiro atoms. The molecule has 1 N–H and O–H groups in total. The van der Waals surface area contributed by atoms with Gasteiger partial charge in [0.15, 0.2) is 0 Å². The van der Waals surface area contributed by atoms with E-state index in [4.69, 9.17) is 4.98 Å². The van der Waals surface area contributed by atoms with Crippen molar-refractivity contribution >= 4 is 28.3 Å². The quantitative estimate of drug-likeness (QED) is 0.787. The smallest absolute Gasteiger partial charge is 0.222 e. The van der Waals surface area contributed by atoms with Crippen molar-refractivity contribution in [2.45, 2.75) is 13.3 Å². The Hall–Kier alpha value is -2.96. The van der Waals surface area contributed by atoms with Gasteiger partial charge in [-0.25, -0.2) is 4.98 Å². The molecule has 2 atom stereocenters. The molecule has 0 aromatic carbocycles. The van der Waals surface area contributed by atoms with Crippen LogP contribution in [0, 0.1) is 11.8 Å². The fourth-order valence-corrected chi connectivity index (χ4v) is 3.90. The number of anilines is 2. The van der Waals surface area contributed by atoms with E-state index < -0.39 is 0 Å². The van der Waals surface area contributed by atoms with Crippen LogP contribution in [0.2, 0.25) is 0 Å². The van der Waals surface area contributed by atoms with Crippen LogP contribution < -0.4 is 10.2 Å². The first kappa shape index (κ1) is 15.3. The molecule has 7 nitrogen and oxygen atoms in total. The third kappa shape index (κ3) is 2.60. The molecule has 2 fully saturated rings. The Bertz CT molecular complexity index is 1020. The molecule has 1 amide bonds. The van der Waals surface area contributed by atoms with Crippen LogP contribution in [0.15, 0.2) is 30.7 Å². The molecule has 0 bridgehead atoms. The maximum absolute atomic E-state index is 11.5. The summed E-state index contributed by atoms with van der Waals surface area (Å²) in [6.07, 6.45) is 6.97. The Kier molecular flexibility index (Phi) is 3.25. The van der Waals surface area contributed by atoms with E-state index in [-0.39, 0.29) is 5.91 Å². The van der Waals surface area contributed by atoms with Crippen LogP contribution in [-0.4, -0.2) is 38.7 Å². The van der Waals surface area contributed by atoms with Gasteiger partial charge in [0.05, 0.1) is 11.9 Å². The zero-order valence-electron chi connectivity index (χ0n) is 14.8. The van der Waals surface area contributed by atoms with Gasteiger partial charge in [0.1, 0.15) is 11.6 Å². The number of nitrogens with one attached hydrogen (secondary N) is 1. The Morgan fingerprint density at radius 1 is 1.23 bits per heavy atom. The number of hydrogen-bond donors (Lipinski definition) is 1. The fraction of sp³-hybridized carbons (Fsp3) is 0.368. The molecule has 3 aromatic rings. The second kappa shape index (κ2) is 5.52. The Morgan fingerprint density at radius 2 is 2.04 bits per heavy atom. The third-order valence-corrected chi connectivity index (χ3v) is 5.28. The fourth-order valence-electron chi connectivity index (χ4n) is 3.90. The molecular formula is C19H20N6O. The number of aromatic nitrogens is 4. The van der Waals surface area contributed by atoms with Crippen molar-refractivity contribution in [1.29, 1.82) is 0 Å². The maximum Gasteiger partial charge on any atom is 0.222 e. The van der Waals surface area contributed by atoms with Crippen LogP contribution in [0.5, 0.6) is 0 Å². The molecule has 132 valence electrons. The van der Waals surface area contributed by atoms with Crippen molar-refractivity contribution in [3.8, 4) is 11.3 Å². The minimum atomic E-state index is -0.117. The average molecular weight is 348 g/mol. The van der Waals surface area contributed by atoms with E-state index in [1.807, 2.05) is 31.6 Å². The lowest BCUT2D eigenvalue weighted by Crippen LogP contribution is -2.23. The van der Waals surface area contributed by atoms with Gasteiger partial charge in [-0.3, -0.25) is 14.5 Å². The lowest BCUT2D eigenvalue weighted by molar-refractivity contribution is -0.114. The number of aryl methyl sites for hydroxylation is 1. The molecule has 26 heavy (non-hydrogen) atoms. The summed E-state index contributed by atoms with van der Waals surface area (Å²) in [7, 11) is 1.89. The van der Waals surface area contributed by atoms with Crippen LogP contribution >= 0.6 is 0 Å². The number of piperidine rings is 1. The number of hydrogen-bond acceptors (Lipinski definition) is 5. The van der Waals surface area contributed by atoms with Gasteiger partial charge < -0.3 is 10.2 Å². The molecule has 2 aliphatic rings. The first-order chi connectivity index (χ1) is 12.6. The SMILES string of the molecule is CC(=O)Nc1cc2cc(-c3cnn(C)c3)ncc2c(N2CC3CC3C2)n1. The van der Waals surface area contributed by atoms with E-state index in [1.165, 1.54) is 13.3 Å². The van der Waals surface area contributed by atoms with Gasteiger partial charge in [0, 0.05) is 50.4 Å². The second-order valence-corrected chi connectivity index (χ2v) is 7.37. The minimum absolute atomic E-state index is 0.117. The molecule has 7 heteroatoms. The van der Waals surface area contributed by atoms with Crippen LogP contribution in [0.4, 0.5) is 11.6 Å². The summed E-state index contributed by atoms with van der Waals surface area (Å²) in [6.45, 7) is 3.59. The van der Waals surface area contributed by atoms with Crippen LogP contribution in [0.25, 0.3) is 22.0 Å². The van der Waals surface area contributed by atoms with Gasteiger partial charge >= 0.3 is 0 Å². The summed E-state index contributed by atoms with van der Waals surface area (Å²) >= 11 is 0. The molecule has 1 aliphatic heterocycles. The van der Waals surface area contributed by atoms with Crippen LogP contribution in [0.3, 0.4) is 0 Å². The van der Waals surface area contributed by atoms with Crippen molar-refractivity contribution in [1.82, 2.24) is 19.7 Å². The van der Waals surface area contributed by atoms with Crippen LogP contribution in [-0.2, 0) is 11.8 Å². The highest BCUT2D eigenvalue weighted by molar-refractivity contribution is 5.98. The molecule has 1 saturated carbocycles. The van der Waals surface area contributed by atoms with E-state index in [0.717, 1.165) is 52.8 Å². The van der Waals surface area contributed by atoms with E-state index in [9.17, 15) is 4.79 Å². The third-order valence-electron chi connectivity index (χ3n) is 5.28. The largest absolute Gasteiger partial charge is 0.355 e. The summed E-state index contributed by atoms with van der Waals surface area (Å²) in [5.74, 6) is 3.00. The summed E-state index contributed by atoms with van der Waals surface area (Å²) in [4.78, 5) is 23.2. The molecule has 5 rings (SSSR count). The molecule has 1 saturated heterocycles. The lowest BCUT2D eigenvalue weighted by Gasteiger charge is -2.22. The number of carbonyl (C=O) groups excluding carboxylic acids is 1. The lowest BCUT2D eigenvalue weighted by atomic mass is 10.1. The standard InChI is InChI=1S/C19H20N6O/c1-11(26)22-18-5-12-4-17(15-6-21-24(2)8-15)20-7-16(12)19(23-18)25-9-13-3-14(13)10-25/h4-8,13-14H,3,9-10H2,1-2H3,(H,22,23,26). The van der Waals surface area contributed by atoms with Crippen molar-refractivity contribution in [2.24, 2.45) is 18.9 Å². The van der Waals surface area contributed by atoms with E-state index in [1.54, 1.807) is 10.9 Å². The zero-order chi connectivity index (χ0) is 17.8. The number of fused-ring (bicyclic) bond motifs is 2. The number of pyridine rings is 2. The van der Waals surface area contributed by atoms with Gasteiger partial charge in [-0.05, 0) is 35.8 Å². The van der Waals surface area contributed by atoms with Crippen LogP contribution in [0.1, 0.15) is 13.3 Å². The molecule has 0 radical (unpaired) electrons. The highest BCUT2D eigenvalue weighted by atomic mass is 16.1. The van der Waals surface area contributed by atoms with Crippen molar-refractivity contribution in [3.63, 3.8) is 0 Å². The Labute approximate surface area is 151 Å². The second-order valence-electron chi connectivity index (χ2n) is 7.37. The predicted octanol–water partition coefficient (Wildman–Crippen LogP) is 2.44. The Morgan fingerprint density at radius 3 is 2.73 bits per heavy atom. The molecule has 1 aliphatic carbocycles. The van der Waals surface area contributed by atoms with E-state index in [2.05, 4.69) is 20.3 Å². The first-order valence-corrected chi connectivity index (χ1v) is 8.89. The van der Waals surface area contributed by atoms with Crippen molar-refractivity contribution in [2.75, 3.05) is 23.3 Å². The highest BCUT2D eigenvalue weighted by Crippen LogP contribution is 2.47. The summed E-state index contributed by atoms with van der Waals surface area (Å²) in [5.41, 5.74) is 1.83. The van der Waals surface area contributed by atoms with Gasteiger partial charge in [-0.15, -0.1) is 0 Å². The van der Waals surface area contributed by atoms with Gasteiger partial charge in [0.2, 0.25) is 5.91 Å². The maximum atomic E-state index is 11.5. The summed E-state index contributed by atoms with van der Waals surface area (Å²) in [5, 5.41) is 9.10. The van der Waals surface area contributed by atoms with Gasteiger partial charge in [0.25, 0.3) is 0 Å². The monoisotopic (exact) mass is 348 g/mol. The normalized spacial score (nSPS) is 21.1. The minimum Gasteiger partial charge on any atom is -0.355 e. The molecular weight excluding hydrogens is 328 g/mol. The van der Waals surface area contributed by atoms with E-state index in [0.29, 0.717) is 5.82 Å². The van der Waals surface area contributed by atoms with Crippen molar-refractivity contribution < 1.29 is 4.79 Å². The van der Waals surface area contributed by atoms with Gasteiger partial charge in [-0.2, -0.15) is 5.10 Å². The molecule has 3 aromatic heterocycles. The predicted molar refractivity (Wildman–Crippen MR) is 99.9 cm³/mol. The summed E-state index contributed by atoms with van der Waals surface area (Å²) < 4.78 is 1.76. The first-order valence-electron chi connectivity index (χ1n) is 8.89. The topological polar surface area (TPSA) is 75.9 Å². The van der Waals surface area contributed by atoms with E-state index >= 15 is 0 Å². The summed E-state index contributed by atoms with van der Waals surface area (Å²) in [6, 6.07) is 3.96.